The maximum Gasteiger partial charge on any atom is 0.308 e. The summed E-state index contributed by atoms with van der Waals surface area (Å²) < 4.78 is 22.5. The predicted molar refractivity (Wildman–Crippen MR) is 53.3 cm³/mol. The second kappa shape index (κ2) is 5.34. The molecule has 82 valence electrons. The Hall–Kier alpha value is -1.58. The minimum absolute atomic E-state index is 0.159. The maximum atomic E-state index is 12.8. The molecule has 1 aromatic rings. The van der Waals surface area contributed by atoms with Crippen LogP contribution in [0.1, 0.15) is 12.0 Å². The number of hydrogen-bond acceptors (Lipinski definition) is 3. The third-order valence-electron chi connectivity index (χ3n) is 1.94. The highest BCUT2D eigenvalue weighted by molar-refractivity contribution is 5.69. The number of aryl methyl sites for hydroxylation is 1. The summed E-state index contributed by atoms with van der Waals surface area (Å²) in [7, 11) is 1.32. The van der Waals surface area contributed by atoms with Gasteiger partial charge in [0.15, 0.2) is 0 Å². The Balaban J connectivity index is 2.50. The van der Waals surface area contributed by atoms with Gasteiger partial charge in [-0.25, -0.2) is 4.39 Å². The lowest BCUT2D eigenvalue weighted by molar-refractivity contribution is -0.141. The standard InChI is InChI=1S/C11H13FO3/c1-8-3-4-9(12)7-10(8)15-6-5-11(13)14-2/h3-4,7H,5-6H2,1-2H3. The molecule has 0 unspecified atom stereocenters. The zero-order valence-corrected chi connectivity index (χ0v) is 8.75. The Morgan fingerprint density at radius 3 is 2.87 bits per heavy atom. The first-order valence-corrected chi connectivity index (χ1v) is 4.59. The van der Waals surface area contributed by atoms with Crippen molar-refractivity contribution in [3.63, 3.8) is 0 Å². The number of ether oxygens (including phenoxy) is 2. The molecule has 1 aromatic carbocycles. The molecule has 0 spiro atoms. The fraction of sp³-hybridized carbons (Fsp3) is 0.364. The first-order valence-electron chi connectivity index (χ1n) is 4.59. The van der Waals surface area contributed by atoms with E-state index in [1.54, 1.807) is 6.07 Å². The second-order valence-electron chi connectivity index (χ2n) is 3.08. The minimum atomic E-state index is -0.353. The largest absolute Gasteiger partial charge is 0.493 e. The van der Waals surface area contributed by atoms with Crippen LogP contribution in [-0.2, 0) is 9.53 Å². The molecule has 0 saturated heterocycles. The van der Waals surface area contributed by atoms with Gasteiger partial charge < -0.3 is 9.47 Å². The van der Waals surface area contributed by atoms with E-state index in [4.69, 9.17) is 4.74 Å². The number of carbonyl (C=O) groups excluding carboxylic acids is 1. The Morgan fingerprint density at radius 2 is 2.20 bits per heavy atom. The molecule has 0 N–H and O–H groups in total. The number of rotatable bonds is 4. The van der Waals surface area contributed by atoms with Crippen LogP contribution in [0.15, 0.2) is 18.2 Å². The highest BCUT2D eigenvalue weighted by Gasteiger charge is 2.04. The summed E-state index contributed by atoms with van der Waals surface area (Å²) in [6, 6.07) is 4.29. The van der Waals surface area contributed by atoms with Crippen molar-refractivity contribution in [1.29, 1.82) is 0 Å². The third kappa shape index (κ3) is 3.58. The van der Waals surface area contributed by atoms with Crippen molar-refractivity contribution in [3.05, 3.63) is 29.6 Å². The van der Waals surface area contributed by atoms with Gasteiger partial charge in [0.05, 0.1) is 20.1 Å². The summed E-state index contributed by atoms with van der Waals surface area (Å²) >= 11 is 0. The summed E-state index contributed by atoms with van der Waals surface area (Å²) in [6.07, 6.45) is 0.159. The van der Waals surface area contributed by atoms with Crippen molar-refractivity contribution in [3.8, 4) is 5.75 Å². The molecule has 0 atom stereocenters. The van der Waals surface area contributed by atoms with E-state index in [9.17, 15) is 9.18 Å². The summed E-state index contributed by atoms with van der Waals surface area (Å²) in [4.78, 5) is 10.8. The normalized spacial score (nSPS) is 9.80. The first-order chi connectivity index (χ1) is 7.13. The molecule has 0 aromatic heterocycles. The van der Waals surface area contributed by atoms with Gasteiger partial charge in [0, 0.05) is 6.07 Å². The van der Waals surface area contributed by atoms with Gasteiger partial charge in [-0.1, -0.05) is 6.07 Å². The lowest BCUT2D eigenvalue weighted by Gasteiger charge is -2.08. The van der Waals surface area contributed by atoms with Crippen LogP contribution >= 0.6 is 0 Å². The van der Waals surface area contributed by atoms with E-state index < -0.39 is 0 Å². The van der Waals surface area contributed by atoms with E-state index in [2.05, 4.69) is 4.74 Å². The Labute approximate surface area is 87.8 Å². The molecule has 0 aliphatic rings. The summed E-state index contributed by atoms with van der Waals surface area (Å²) in [5.41, 5.74) is 0.835. The second-order valence-corrected chi connectivity index (χ2v) is 3.08. The SMILES string of the molecule is COC(=O)CCOc1cc(F)ccc1C. The minimum Gasteiger partial charge on any atom is -0.493 e. The Kier molecular flexibility index (Phi) is 4.09. The van der Waals surface area contributed by atoms with Crippen LogP contribution < -0.4 is 4.74 Å². The fourth-order valence-electron chi connectivity index (χ4n) is 1.08. The molecular formula is C11H13FO3. The Bertz CT molecular complexity index is 350. The van der Waals surface area contributed by atoms with Gasteiger partial charge in [0.1, 0.15) is 11.6 Å². The lowest BCUT2D eigenvalue weighted by atomic mass is 10.2. The van der Waals surface area contributed by atoms with Crippen molar-refractivity contribution in [2.45, 2.75) is 13.3 Å². The number of carbonyl (C=O) groups is 1. The quantitative estimate of drug-likeness (QED) is 0.717. The highest BCUT2D eigenvalue weighted by atomic mass is 19.1. The first kappa shape index (κ1) is 11.5. The van der Waals surface area contributed by atoms with E-state index in [1.807, 2.05) is 6.92 Å². The third-order valence-corrected chi connectivity index (χ3v) is 1.94. The van der Waals surface area contributed by atoms with Crippen molar-refractivity contribution < 1.29 is 18.7 Å². The molecule has 0 radical (unpaired) electrons. The van der Waals surface area contributed by atoms with Crippen molar-refractivity contribution in [1.82, 2.24) is 0 Å². The average molecular weight is 212 g/mol. The molecule has 0 aliphatic heterocycles. The van der Waals surface area contributed by atoms with E-state index >= 15 is 0 Å². The number of esters is 1. The van der Waals surface area contributed by atoms with Crippen molar-refractivity contribution >= 4 is 5.97 Å². The zero-order valence-electron chi connectivity index (χ0n) is 8.75. The lowest BCUT2D eigenvalue weighted by Crippen LogP contribution is -2.08. The molecule has 0 aliphatic carbocycles. The van der Waals surface area contributed by atoms with Gasteiger partial charge in [-0.2, -0.15) is 0 Å². The van der Waals surface area contributed by atoms with Crippen LogP contribution in [0.4, 0.5) is 4.39 Å². The van der Waals surface area contributed by atoms with Gasteiger partial charge in [-0.3, -0.25) is 4.79 Å². The molecule has 0 heterocycles. The molecule has 1 rings (SSSR count). The van der Waals surface area contributed by atoms with Crippen LogP contribution in [0.3, 0.4) is 0 Å². The Morgan fingerprint density at radius 1 is 1.47 bits per heavy atom. The van der Waals surface area contributed by atoms with Gasteiger partial charge in [-0.05, 0) is 18.6 Å². The fourth-order valence-corrected chi connectivity index (χ4v) is 1.08. The number of halogens is 1. The maximum absolute atomic E-state index is 12.8. The molecule has 0 saturated carbocycles. The van der Waals surface area contributed by atoms with E-state index in [-0.39, 0.29) is 24.8 Å². The smallest absolute Gasteiger partial charge is 0.308 e. The monoisotopic (exact) mass is 212 g/mol. The number of benzene rings is 1. The van der Waals surface area contributed by atoms with Gasteiger partial charge in [-0.15, -0.1) is 0 Å². The molecule has 0 bridgehead atoms. The van der Waals surface area contributed by atoms with Gasteiger partial charge in [0.2, 0.25) is 0 Å². The zero-order chi connectivity index (χ0) is 11.3. The molecule has 4 heteroatoms. The predicted octanol–water partition coefficient (Wildman–Crippen LogP) is 2.08. The molecule has 15 heavy (non-hydrogen) atoms. The van der Waals surface area contributed by atoms with Crippen molar-refractivity contribution in [2.24, 2.45) is 0 Å². The van der Waals surface area contributed by atoms with E-state index in [0.717, 1.165) is 5.56 Å². The number of methoxy groups -OCH3 is 1. The topological polar surface area (TPSA) is 35.5 Å². The highest BCUT2D eigenvalue weighted by Crippen LogP contribution is 2.18. The summed E-state index contributed by atoms with van der Waals surface area (Å²) in [5, 5.41) is 0. The van der Waals surface area contributed by atoms with Crippen LogP contribution in [0, 0.1) is 12.7 Å². The average Bonchev–Trinajstić information content (AvgIpc) is 2.23. The van der Waals surface area contributed by atoms with Crippen molar-refractivity contribution in [2.75, 3.05) is 13.7 Å². The van der Waals surface area contributed by atoms with E-state index in [1.165, 1.54) is 19.2 Å². The molecule has 3 nitrogen and oxygen atoms in total. The van der Waals surface area contributed by atoms with Crippen LogP contribution in [0.2, 0.25) is 0 Å². The van der Waals surface area contributed by atoms with Crippen LogP contribution in [0.25, 0.3) is 0 Å². The van der Waals surface area contributed by atoms with Gasteiger partial charge in [0.25, 0.3) is 0 Å². The molecule has 0 amide bonds. The summed E-state index contributed by atoms with van der Waals surface area (Å²) in [5.74, 6) is -0.239. The summed E-state index contributed by atoms with van der Waals surface area (Å²) in [6.45, 7) is 2.00. The number of hydrogen-bond donors (Lipinski definition) is 0. The van der Waals surface area contributed by atoms with Gasteiger partial charge >= 0.3 is 5.97 Å². The van der Waals surface area contributed by atoms with E-state index in [0.29, 0.717) is 5.75 Å². The van der Waals surface area contributed by atoms with Crippen LogP contribution in [0.5, 0.6) is 5.75 Å². The van der Waals surface area contributed by atoms with Crippen LogP contribution in [-0.4, -0.2) is 19.7 Å². The molecular weight excluding hydrogens is 199 g/mol. The molecule has 0 fully saturated rings.